The lowest BCUT2D eigenvalue weighted by molar-refractivity contribution is -0.385. The van der Waals surface area contributed by atoms with Crippen molar-refractivity contribution in [2.45, 2.75) is 19.6 Å². The molecule has 0 spiro atoms. The van der Waals surface area contributed by atoms with Crippen molar-refractivity contribution in [2.75, 3.05) is 0 Å². The van der Waals surface area contributed by atoms with Crippen LogP contribution < -0.4 is 10.5 Å². The first kappa shape index (κ1) is 15.3. The van der Waals surface area contributed by atoms with Crippen molar-refractivity contribution in [3.63, 3.8) is 0 Å². The Kier molecular flexibility index (Phi) is 4.77. The van der Waals surface area contributed by atoms with Crippen molar-refractivity contribution in [3.8, 4) is 5.75 Å². The van der Waals surface area contributed by atoms with Gasteiger partial charge in [-0.3, -0.25) is 10.1 Å². The Morgan fingerprint density at radius 2 is 2.10 bits per heavy atom. The summed E-state index contributed by atoms with van der Waals surface area (Å²) < 4.78 is 5.61. The van der Waals surface area contributed by atoms with E-state index >= 15 is 0 Å². The predicted molar refractivity (Wildman–Crippen MR) is 81.5 cm³/mol. The Bertz CT molecular complexity index is 659. The van der Waals surface area contributed by atoms with Gasteiger partial charge in [-0.25, -0.2) is 0 Å². The molecule has 0 aromatic heterocycles. The highest BCUT2D eigenvalue weighted by molar-refractivity contribution is 6.30. The Hall–Kier alpha value is -2.11. The van der Waals surface area contributed by atoms with Gasteiger partial charge in [0, 0.05) is 17.1 Å². The minimum absolute atomic E-state index is 0.0113. The van der Waals surface area contributed by atoms with Crippen molar-refractivity contribution in [1.82, 2.24) is 0 Å². The number of nitrogens with zero attached hydrogens (tertiary/aromatic N) is 1. The molecule has 1 atom stereocenters. The van der Waals surface area contributed by atoms with Crippen LogP contribution in [0.15, 0.2) is 42.5 Å². The first-order valence-electron chi connectivity index (χ1n) is 6.38. The monoisotopic (exact) mass is 306 g/mol. The molecule has 21 heavy (non-hydrogen) atoms. The number of hydrogen-bond donors (Lipinski definition) is 1. The third-order valence-corrected chi connectivity index (χ3v) is 3.25. The summed E-state index contributed by atoms with van der Waals surface area (Å²) in [6, 6.07) is 11.6. The van der Waals surface area contributed by atoms with Gasteiger partial charge in [-0.05, 0) is 36.8 Å². The molecule has 0 aliphatic carbocycles. The molecule has 2 aromatic carbocycles. The van der Waals surface area contributed by atoms with Crippen molar-refractivity contribution >= 4 is 17.3 Å². The van der Waals surface area contributed by atoms with E-state index in [0.717, 1.165) is 5.56 Å². The van der Waals surface area contributed by atoms with Crippen molar-refractivity contribution in [2.24, 2.45) is 5.73 Å². The van der Waals surface area contributed by atoms with Crippen LogP contribution in [0.3, 0.4) is 0 Å². The van der Waals surface area contributed by atoms with Crippen molar-refractivity contribution in [3.05, 3.63) is 68.7 Å². The van der Waals surface area contributed by atoms with Gasteiger partial charge >= 0.3 is 0 Å². The van der Waals surface area contributed by atoms with Crippen LogP contribution in [0.4, 0.5) is 5.69 Å². The van der Waals surface area contributed by atoms with E-state index in [4.69, 9.17) is 22.1 Å². The Morgan fingerprint density at radius 3 is 2.76 bits per heavy atom. The number of nitrogens with two attached hydrogens (primary N) is 1. The van der Waals surface area contributed by atoms with Gasteiger partial charge in [0.25, 0.3) is 5.69 Å². The summed E-state index contributed by atoms with van der Waals surface area (Å²) in [6.07, 6.45) is 0. The van der Waals surface area contributed by atoms with Crippen LogP contribution in [0.25, 0.3) is 0 Å². The minimum Gasteiger partial charge on any atom is -0.489 e. The summed E-state index contributed by atoms with van der Waals surface area (Å²) in [5, 5.41) is 11.4. The number of rotatable bonds is 5. The number of nitro groups is 1. The molecule has 0 bridgehead atoms. The fraction of sp³-hybridized carbons (Fsp3) is 0.200. The Balaban J connectivity index is 2.18. The number of nitro benzene ring substituents is 1. The molecule has 6 heteroatoms. The summed E-state index contributed by atoms with van der Waals surface area (Å²) in [5.74, 6) is 0.610. The first-order valence-corrected chi connectivity index (χ1v) is 6.76. The second kappa shape index (κ2) is 6.56. The smallest absolute Gasteiger partial charge is 0.276 e. The topological polar surface area (TPSA) is 78.4 Å². The van der Waals surface area contributed by atoms with Crippen LogP contribution in [0.2, 0.25) is 5.02 Å². The average molecular weight is 307 g/mol. The average Bonchev–Trinajstić information content (AvgIpc) is 2.45. The van der Waals surface area contributed by atoms with Crippen molar-refractivity contribution in [1.29, 1.82) is 0 Å². The van der Waals surface area contributed by atoms with Gasteiger partial charge in [-0.2, -0.15) is 0 Å². The lowest BCUT2D eigenvalue weighted by Gasteiger charge is -2.10. The van der Waals surface area contributed by atoms with E-state index in [1.807, 2.05) is 25.1 Å². The van der Waals surface area contributed by atoms with E-state index in [9.17, 15) is 10.1 Å². The van der Waals surface area contributed by atoms with Crippen LogP contribution in [0.5, 0.6) is 5.75 Å². The maximum Gasteiger partial charge on any atom is 0.276 e. The highest BCUT2D eigenvalue weighted by Crippen LogP contribution is 2.25. The Labute approximate surface area is 127 Å². The van der Waals surface area contributed by atoms with Gasteiger partial charge in [0.05, 0.1) is 10.5 Å². The summed E-state index contributed by atoms with van der Waals surface area (Å²) in [6.45, 7) is 1.94. The molecule has 2 aromatic rings. The lowest BCUT2D eigenvalue weighted by atomic mass is 10.1. The van der Waals surface area contributed by atoms with Crippen LogP contribution in [0.1, 0.15) is 24.1 Å². The molecule has 0 saturated heterocycles. The molecule has 0 amide bonds. The number of ether oxygens (including phenoxy) is 1. The summed E-state index contributed by atoms with van der Waals surface area (Å²) in [4.78, 5) is 10.5. The quantitative estimate of drug-likeness (QED) is 0.672. The molecule has 0 aliphatic heterocycles. The molecule has 0 heterocycles. The van der Waals surface area contributed by atoms with Gasteiger partial charge in [-0.1, -0.05) is 23.7 Å². The third kappa shape index (κ3) is 3.93. The summed E-state index contributed by atoms with van der Waals surface area (Å²) in [7, 11) is 0. The van der Waals surface area contributed by atoms with E-state index in [0.29, 0.717) is 16.3 Å². The SMILES string of the molecule is C[C@@H](N)c1cccc(OCc2cc(Cl)ccc2[N+](=O)[O-])c1. The molecule has 2 rings (SSSR count). The maximum absolute atomic E-state index is 11.0. The van der Waals surface area contributed by atoms with E-state index in [2.05, 4.69) is 0 Å². The highest BCUT2D eigenvalue weighted by Gasteiger charge is 2.14. The molecule has 2 N–H and O–H groups in total. The standard InChI is InChI=1S/C15H15ClN2O3/c1-10(17)11-3-2-4-14(8-11)21-9-12-7-13(16)5-6-15(12)18(19)20/h2-8,10H,9,17H2,1H3/t10-/m1/s1. The van der Waals surface area contributed by atoms with Gasteiger partial charge in [0.1, 0.15) is 12.4 Å². The largest absolute Gasteiger partial charge is 0.489 e. The zero-order chi connectivity index (χ0) is 15.4. The Morgan fingerprint density at radius 1 is 1.33 bits per heavy atom. The highest BCUT2D eigenvalue weighted by atomic mass is 35.5. The predicted octanol–water partition coefficient (Wildman–Crippen LogP) is 3.85. The van der Waals surface area contributed by atoms with Gasteiger partial charge in [0.2, 0.25) is 0 Å². The van der Waals surface area contributed by atoms with Crippen LogP contribution >= 0.6 is 11.6 Å². The normalized spacial score (nSPS) is 12.0. The molecule has 0 saturated carbocycles. The summed E-state index contributed by atoms with van der Waals surface area (Å²) in [5.41, 5.74) is 7.17. The lowest BCUT2D eigenvalue weighted by Crippen LogP contribution is -2.05. The zero-order valence-corrected chi connectivity index (χ0v) is 12.2. The van der Waals surface area contributed by atoms with E-state index < -0.39 is 4.92 Å². The molecule has 0 radical (unpaired) electrons. The summed E-state index contributed by atoms with van der Waals surface area (Å²) >= 11 is 5.88. The molecule has 5 nitrogen and oxygen atoms in total. The van der Waals surface area contributed by atoms with Gasteiger partial charge < -0.3 is 10.5 Å². The maximum atomic E-state index is 11.0. The van der Waals surface area contributed by atoms with E-state index in [1.165, 1.54) is 18.2 Å². The minimum atomic E-state index is -0.451. The van der Waals surface area contributed by atoms with Crippen LogP contribution in [-0.2, 0) is 6.61 Å². The van der Waals surface area contributed by atoms with Gasteiger partial charge in [0.15, 0.2) is 0 Å². The van der Waals surface area contributed by atoms with E-state index in [-0.39, 0.29) is 18.3 Å². The first-order chi connectivity index (χ1) is 9.97. The number of benzene rings is 2. The molecular formula is C15H15ClN2O3. The molecular weight excluding hydrogens is 292 g/mol. The number of halogens is 1. The zero-order valence-electron chi connectivity index (χ0n) is 11.5. The fourth-order valence-corrected chi connectivity index (χ4v) is 2.09. The van der Waals surface area contributed by atoms with Crippen molar-refractivity contribution < 1.29 is 9.66 Å². The second-order valence-corrected chi connectivity index (χ2v) is 5.12. The fourth-order valence-electron chi connectivity index (χ4n) is 1.90. The van der Waals surface area contributed by atoms with E-state index in [1.54, 1.807) is 6.07 Å². The molecule has 0 fully saturated rings. The van der Waals surface area contributed by atoms with Crippen LogP contribution in [-0.4, -0.2) is 4.92 Å². The molecule has 0 unspecified atom stereocenters. The second-order valence-electron chi connectivity index (χ2n) is 4.68. The third-order valence-electron chi connectivity index (χ3n) is 3.02. The van der Waals surface area contributed by atoms with Crippen LogP contribution in [0, 0.1) is 10.1 Å². The molecule has 110 valence electrons. The van der Waals surface area contributed by atoms with Gasteiger partial charge in [-0.15, -0.1) is 0 Å². The molecule has 0 aliphatic rings. The number of hydrogen-bond acceptors (Lipinski definition) is 4.